The predicted octanol–water partition coefficient (Wildman–Crippen LogP) is 2.46. The first-order valence-electron chi connectivity index (χ1n) is 10.0. The number of anilines is 1. The highest BCUT2D eigenvalue weighted by atomic mass is 127. The maximum atomic E-state index is 12.7. The third kappa shape index (κ3) is 5.09. The van der Waals surface area contributed by atoms with Gasteiger partial charge in [0.2, 0.25) is 5.91 Å². The highest BCUT2D eigenvalue weighted by molar-refractivity contribution is 14.0. The van der Waals surface area contributed by atoms with Crippen molar-refractivity contribution in [3.05, 3.63) is 48.3 Å². The summed E-state index contributed by atoms with van der Waals surface area (Å²) in [5, 5.41) is 7.53. The van der Waals surface area contributed by atoms with Crippen molar-refractivity contribution >= 4 is 41.5 Å². The number of rotatable bonds is 5. The van der Waals surface area contributed by atoms with E-state index in [9.17, 15) is 4.79 Å². The summed E-state index contributed by atoms with van der Waals surface area (Å²) in [5.74, 6) is 2.15. The molecule has 7 nitrogen and oxygen atoms in total. The molecule has 156 valence electrons. The van der Waals surface area contributed by atoms with Crippen LogP contribution < -0.4 is 10.2 Å². The molecule has 1 saturated carbocycles. The van der Waals surface area contributed by atoms with Crippen molar-refractivity contribution in [1.29, 1.82) is 0 Å². The maximum Gasteiger partial charge on any atom is 0.246 e. The number of halogens is 1. The fraction of sp³-hybridized carbons (Fsp3) is 0.476. The number of nitrogens with one attached hydrogen (secondary N) is 1. The number of hydrogen-bond acceptors (Lipinski definition) is 3. The largest absolute Gasteiger partial charge is 0.357 e. The Bertz CT molecular complexity index is 852. The molecule has 8 heteroatoms. The van der Waals surface area contributed by atoms with E-state index in [-0.39, 0.29) is 29.9 Å². The highest BCUT2D eigenvalue weighted by Crippen LogP contribution is 2.47. The first-order chi connectivity index (χ1) is 13.7. The van der Waals surface area contributed by atoms with Crippen LogP contribution in [0, 0.1) is 5.92 Å². The predicted molar refractivity (Wildman–Crippen MR) is 126 cm³/mol. The summed E-state index contributed by atoms with van der Waals surface area (Å²) < 4.78 is 1.72. The van der Waals surface area contributed by atoms with E-state index in [1.165, 1.54) is 12.0 Å². The minimum Gasteiger partial charge on any atom is -0.357 e. The average Bonchev–Trinajstić information content (AvgIpc) is 3.37. The summed E-state index contributed by atoms with van der Waals surface area (Å²) in [6.07, 6.45) is 4.81. The minimum atomic E-state index is 0. The Balaban J connectivity index is 0.00000240. The fourth-order valence-electron chi connectivity index (χ4n) is 3.86. The maximum absolute atomic E-state index is 12.7. The zero-order valence-corrected chi connectivity index (χ0v) is 19.3. The molecule has 1 N–H and O–H groups in total. The van der Waals surface area contributed by atoms with E-state index >= 15 is 0 Å². The van der Waals surface area contributed by atoms with Gasteiger partial charge >= 0.3 is 0 Å². The van der Waals surface area contributed by atoms with E-state index in [4.69, 9.17) is 4.99 Å². The number of aromatic nitrogens is 2. The van der Waals surface area contributed by atoms with Crippen LogP contribution in [-0.4, -0.2) is 59.3 Å². The minimum absolute atomic E-state index is 0. The normalized spacial score (nSPS) is 21.7. The lowest BCUT2D eigenvalue weighted by Crippen LogP contribution is -2.55. The third-order valence-electron chi connectivity index (χ3n) is 5.48. The summed E-state index contributed by atoms with van der Waals surface area (Å²) in [5.41, 5.74) is 2.27. The van der Waals surface area contributed by atoms with Crippen molar-refractivity contribution in [3.8, 4) is 0 Å². The van der Waals surface area contributed by atoms with Crippen LogP contribution in [0.25, 0.3) is 0 Å². The molecule has 1 saturated heterocycles. The van der Waals surface area contributed by atoms with Gasteiger partial charge in [0.05, 0.1) is 11.9 Å². The Morgan fingerprint density at radius 2 is 2.07 bits per heavy atom. The van der Waals surface area contributed by atoms with Crippen LogP contribution in [0.5, 0.6) is 0 Å². The molecule has 2 heterocycles. The number of carbonyl (C=O) groups is 1. The zero-order chi connectivity index (χ0) is 19.5. The van der Waals surface area contributed by atoms with E-state index in [0.717, 1.165) is 31.3 Å². The molecule has 0 spiro atoms. The SMILES string of the molecule is CCNC(=NCC1CC1c1ccccc1)N1CCN(c2cnn(C)c2)C(=O)C1.I. The molecule has 1 aromatic carbocycles. The number of hydrogen-bond donors (Lipinski definition) is 1. The van der Waals surface area contributed by atoms with Crippen molar-refractivity contribution in [2.24, 2.45) is 18.0 Å². The third-order valence-corrected chi connectivity index (χ3v) is 5.48. The number of amides is 1. The van der Waals surface area contributed by atoms with E-state index in [0.29, 0.717) is 24.9 Å². The molecule has 2 unspecified atom stereocenters. The van der Waals surface area contributed by atoms with Crippen molar-refractivity contribution in [3.63, 3.8) is 0 Å². The second-order valence-electron chi connectivity index (χ2n) is 7.55. The quantitative estimate of drug-likeness (QED) is 0.383. The molecular formula is C21H29IN6O. The smallest absolute Gasteiger partial charge is 0.246 e. The number of benzene rings is 1. The van der Waals surface area contributed by atoms with E-state index < -0.39 is 0 Å². The average molecular weight is 508 g/mol. The van der Waals surface area contributed by atoms with Gasteiger partial charge in [0.1, 0.15) is 6.54 Å². The Morgan fingerprint density at radius 3 is 2.72 bits per heavy atom. The van der Waals surface area contributed by atoms with Gasteiger partial charge in [0.15, 0.2) is 5.96 Å². The van der Waals surface area contributed by atoms with Gasteiger partial charge in [-0.3, -0.25) is 14.5 Å². The molecule has 0 radical (unpaired) electrons. The van der Waals surface area contributed by atoms with Crippen LogP contribution >= 0.6 is 24.0 Å². The molecule has 2 aliphatic rings. The Labute approximate surface area is 189 Å². The van der Waals surface area contributed by atoms with Gasteiger partial charge in [-0.15, -0.1) is 24.0 Å². The number of carbonyl (C=O) groups excluding carboxylic acids is 1. The Morgan fingerprint density at radius 1 is 1.28 bits per heavy atom. The summed E-state index contributed by atoms with van der Waals surface area (Å²) in [6.45, 7) is 5.41. The van der Waals surface area contributed by atoms with Gasteiger partial charge in [0, 0.05) is 39.4 Å². The van der Waals surface area contributed by atoms with Crippen molar-refractivity contribution < 1.29 is 4.79 Å². The van der Waals surface area contributed by atoms with Gasteiger partial charge in [-0.05, 0) is 30.7 Å². The monoisotopic (exact) mass is 508 g/mol. The van der Waals surface area contributed by atoms with Crippen LogP contribution in [0.3, 0.4) is 0 Å². The standard InChI is InChI=1S/C21H28N6O.HI/c1-3-22-21(23-12-17-11-19(17)16-7-5-4-6-8-16)26-9-10-27(20(28)15-26)18-13-24-25(2)14-18;/h4-8,13-14,17,19H,3,9-12,15H2,1-2H3,(H,22,23);1H. The molecular weight excluding hydrogens is 479 g/mol. The van der Waals surface area contributed by atoms with Gasteiger partial charge in [-0.1, -0.05) is 30.3 Å². The van der Waals surface area contributed by atoms with Crippen LogP contribution in [0.2, 0.25) is 0 Å². The van der Waals surface area contributed by atoms with Crippen LogP contribution in [0.4, 0.5) is 5.69 Å². The molecule has 1 amide bonds. The molecule has 1 aliphatic heterocycles. The molecule has 2 atom stereocenters. The van der Waals surface area contributed by atoms with Gasteiger partial charge in [0.25, 0.3) is 0 Å². The molecule has 2 aromatic rings. The molecule has 0 bridgehead atoms. The van der Waals surface area contributed by atoms with Gasteiger partial charge in [-0.2, -0.15) is 5.10 Å². The lowest BCUT2D eigenvalue weighted by molar-refractivity contribution is -0.120. The van der Waals surface area contributed by atoms with Crippen LogP contribution in [-0.2, 0) is 11.8 Å². The topological polar surface area (TPSA) is 65.8 Å². The number of nitrogens with zero attached hydrogens (tertiary/aromatic N) is 5. The lowest BCUT2D eigenvalue weighted by atomic mass is 10.1. The fourth-order valence-corrected chi connectivity index (χ4v) is 3.86. The first kappa shape index (κ1) is 21.6. The number of aryl methyl sites for hydroxylation is 1. The van der Waals surface area contributed by atoms with Crippen molar-refractivity contribution in [2.45, 2.75) is 19.3 Å². The Kier molecular flexibility index (Phi) is 7.15. The first-order valence-corrected chi connectivity index (χ1v) is 10.0. The molecule has 4 rings (SSSR count). The summed E-state index contributed by atoms with van der Waals surface area (Å²) in [7, 11) is 1.86. The van der Waals surface area contributed by atoms with Crippen molar-refractivity contribution in [2.75, 3.05) is 37.6 Å². The molecule has 1 aromatic heterocycles. The second-order valence-corrected chi connectivity index (χ2v) is 7.55. The zero-order valence-electron chi connectivity index (χ0n) is 17.0. The number of piperazine rings is 1. The van der Waals surface area contributed by atoms with Gasteiger partial charge in [-0.25, -0.2) is 0 Å². The van der Waals surface area contributed by atoms with Crippen molar-refractivity contribution in [1.82, 2.24) is 20.0 Å². The van der Waals surface area contributed by atoms with Gasteiger partial charge < -0.3 is 15.1 Å². The summed E-state index contributed by atoms with van der Waals surface area (Å²) in [4.78, 5) is 21.4. The second kappa shape index (κ2) is 9.60. The Hall–Kier alpha value is -2.10. The lowest BCUT2D eigenvalue weighted by Gasteiger charge is -2.35. The van der Waals surface area contributed by atoms with E-state index in [1.54, 1.807) is 15.8 Å². The number of guanidine groups is 1. The molecule has 2 fully saturated rings. The summed E-state index contributed by atoms with van der Waals surface area (Å²) >= 11 is 0. The van der Waals surface area contributed by atoms with Crippen LogP contribution in [0.15, 0.2) is 47.7 Å². The number of aliphatic imine (C=N–C) groups is 1. The molecule has 29 heavy (non-hydrogen) atoms. The van der Waals surface area contributed by atoms with E-state index in [2.05, 4.69) is 52.6 Å². The molecule has 1 aliphatic carbocycles. The van der Waals surface area contributed by atoms with E-state index in [1.807, 2.05) is 13.2 Å². The summed E-state index contributed by atoms with van der Waals surface area (Å²) in [6, 6.07) is 10.7. The highest BCUT2D eigenvalue weighted by Gasteiger charge is 2.38. The van der Waals surface area contributed by atoms with Crippen LogP contribution in [0.1, 0.15) is 24.8 Å².